The molecule has 2 atom stereocenters. The Morgan fingerprint density at radius 2 is 2.21 bits per heavy atom. The zero-order valence-electron chi connectivity index (χ0n) is 9.50. The minimum absolute atomic E-state index is 0.298. The Bertz CT molecular complexity index is 152. The summed E-state index contributed by atoms with van der Waals surface area (Å²) in [7, 11) is 2.20. The summed E-state index contributed by atoms with van der Waals surface area (Å²) in [5.74, 6) is 0.848. The van der Waals surface area contributed by atoms with Gasteiger partial charge in [0.05, 0.1) is 0 Å². The van der Waals surface area contributed by atoms with Gasteiger partial charge in [-0.2, -0.15) is 0 Å². The maximum Gasteiger partial charge on any atom is 0.0443 e. The predicted octanol–water partition coefficient (Wildman–Crippen LogP) is 0.689. The van der Waals surface area contributed by atoms with Gasteiger partial charge in [-0.1, -0.05) is 13.3 Å². The van der Waals surface area contributed by atoms with Gasteiger partial charge in [0, 0.05) is 25.7 Å². The minimum atomic E-state index is 0.298. The molecule has 0 spiro atoms. The number of nitrogens with zero attached hydrogens (tertiary/aromatic N) is 1. The summed E-state index contributed by atoms with van der Waals surface area (Å²) >= 11 is 0. The molecule has 1 saturated heterocycles. The predicted molar refractivity (Wildman–Crippen MR) is 59.4 cm³/mol. The van der Waals surface area contributed by atoms with E-state index in [9.17, 15) is 0 Å². The summed E-state index contributed by atoms with van der Waals surface area (Å²) in [6, 6.07) is 0.630. The molecule has 0 aromatic heterocycles. The Kier molecular flexibility index (Phi) is 5.45. The third-order valence-electron chi connectivity index (χ3n) is 3.07. The lowest BCUT2D eigenvalue weighted by Gasteiger charge is -2.35. The van der Waals surface area contributed by atoms with Crippen molar-refractivity contribution < 1.29 is 5.11 Å². The van der Waals surface area contributed by atoms with Crippen molar-refractivity contribution in [2.24, 2.45) is 5.92 Å². The topological polar surface area (TPSA) is 35.5 Å². The second-order valence-corrected chi connectivity index (χ2v) is 4.46. The van der Waals surface area contributed by atoms with Crippen LogP contribution in [0.5, 0.6) is 0 Å². The fraction of sp³-hybridized carbons (Fsp3) is 1.00. The third kappa shape index (κ3) is 3.95. The highest BCUT2D eigenvalue weighted by atomic mass is 16.3. The number of likely N-dealkylation sites (tertiary alicyclic amines) is 1. The normalized spacial score (nSPS) is 29.4. The number of likely N-dealkylation sites (N-methyl/N-ethyl adjacent to an activating group) is 1. The summed E-state index contributed by atoms with van der Waals surface area (Å²) in [6.45, 7) is 5.92. The Balaban J connectivity index is 2.23. The van der Waals surface area contributed by atoms with Crippen LogP contribution in [0.25, 0.3) is 0 Å². The molecule has 0 aliphatic carbocycles. The molecule has 3 heteroatoms. The molecule has 0 bridgehead atoms. The number of hydrogen-bond acceptors (Lipinski definition) is 3. The number of piperidine rings is 1. The standard InChI is InChI=1S/C11H24N2O/c1-3-10-7-11(9-13(2)8-10)12-5-4-6-14/h10-12,14H,3-9H2,1-2H3. The van der Waals surface area contributed by atoms with E-state index in [1.54, 1.807) is 0 Å². The van der Waals surface area contributed by atoms with E-state index in [-0.39, 0.29) is 0 Å². The van der Waals surface area contributed by atoms with Gasteiger partial charge in [-0.3, -0.25) is 0 Å². The largest absolute Gasteiger partial charge is 0.396 e. The Hall–Kier alpha value is -0.120. The van der Waals surface area contributed by atoms with Gasteiger partial charge in [0.2, 0.25) is 0 Å². The van der Waals surface area contributed by atoms with Crippen molar-refractivity contribution in [3.8, 4) is 0 Å². The Morgan fingerprint density at radius 1 is 1.43 bits per heavy atom. The van der Waals surface area contributed by atoms with Crippen molar-refractivity contribution in [3.63, 3.8) is 0 Å². The zero-order valence-corrected chi connectivity index (χ0v) is 9.50. The van der Waals surface area contributed by atoms with Crippen LogP contribution in [0, 0.1) is 5.92 Å². The van der Waals surface area contributed by atoms with Gasteiger partial charge in [0.25, 0.3) is 0 Å². The molecule has 0 amide bonds. The van der Waals surface area contributed by atoms with E-state index in [1.807, 2.05) is 0 Å². The van der Waals surface area contributed by atoms with E-state index in [2.05, 4.69) is 24.2 Å². The molecule has 0 radical (unpaired) electrons. The van der Waals surface area contributed by atoms with E-state index in [0.29, 0.717) is 12.6 Å². The molecule has 3 nitrogen and oxygen atoms in total. The highest BCUT2D eigenvalue weighted by Crippen LogP contribution is 2.18. The van der Waals surface area contributed by atoms with Crippen LogP contribution in [0.1, 0.15) is 26.2 Å². The summed E-state index contributed by atoms with van der Waals surface area (Å²) in [4.78, 5) is 2.41. The molecule has 84 valence electrons. The van der Waals surface area contributed by atoms with Gasteiger partial charge in [-0.15, -0.1) is 0 Å². The maximum atomic E-state index is 8.70. The number of nitrogens with one attached hydrogen (secondary N) is 1. The quantitative estimate of drug-likeness (QED) is 0.641. The molecule has 1 rings (SSSR count). The van der Waals surface area contributed by atoms with Gasteiger partial charge in [-0.05, 0) is 32.4 Å². The number of hydrogen-bond donors (Lipinski definition) is 2. The monoisotopic (exact) mass is 200 g/mol. The van der Waals surface area contributed by atoms with Crippen LogP contribution in [0.2, 0.25) is 0 Å². The smallest absolute Gasteiger partial charge is 0.0443 e. The van der Waals surface area contributed by atoms with Gasteiger partial charge in [0.15, 0.2) is 0 Å². The second kappa shape index (κ2) is 6.38. The van der Waals surface area contributed by atoms with Gasteiger partial charge >= 0.3 is 0 Å². The lowest BCUT2D eigenvalue weighted by atomic mass is 9.92. The van der Waals surface area contributed by atoms with E-state index < -0.39 is 0 Å². The number of aliphatic hydroxyl groups is 1. The molecule has 0 aromatic carbocycles. The van der Waals surface area contributed by atoms with Crippen LogP contribution >= 0.6 is 0 Å². The average Bonchev–Trinajstić information content (AvgIpc) is 2.17. The fourth-order valence-electron chi connectivity index (χ4n) is 2.27. The first kappa shape index (κ1) is 12.0. The van der Waals surface area contributed by atoms with Crippen LogP contribution in [0.3, 0.4) is 0 Å². The molecule has 0 saturated carbocycles. The molecule has 14 heavy (non-hydrogen) atoms. The number of aliphatic hydroxyl groups excluding tert-OH is 1. The first-order chi connectivity index (χ1) is 6.76. The molecule has 0 aromatic rings. The minimum Gasteiger partial charge on any atom is -0.396 e. The lowest BCUT2D eigenvalue weighted by Crippen LogP contribution is -2.47. The van der Waals surface area contributed by atoms with Gasteiger partial charge in [0.1, 0.15) is 0 Å². The van der Waals surface area contributed by atoms with Crippen molar-refractivity contribution in [3.05, 3.63) is 0 Å². The summed E-state index contributed by atoms with van der Waals surface area (Å²) in [5.41, 5.74) is 0. The Morgan fingerprint density at radius 3 is 2.86 bits per heavy atom. The van der Waals surface area contributed by atoms with Crippen LogP contribution < -0.4 is 5.32 Å². The van der Waals surface area contributed by atoms with Crippen LogP contribution in [-0.2, 0) is 0 Å². The van der Waals surface area contributed by atoms with E-state index in [4.69, 9.17) is 5.11 Å². The van der Waals surface area contributed by atoms with Crippen LogP contribution in [0.15, 0.2) is 0 Å². The highest BCUT2D eigenvalue weighted by molar-refractivity contribution is 4.81. The number of rotatable bonds is 5. The Labute approximate surface area is 87.5 Å². The molecule has 1 aliphatic heterocycles. The molecule has 1 aliphatic rings. The van der Waals surface area contributed by atoms with Gasteiger partial charge < -0.3 is 15.3 Å². The summed E-state index contributed by atoms with van der Waals surface area (Å²) in [6.07, 6.45) is 3.45. The van der Waals surface area contributed by atoms with Gasteiger partial charge in [-0.25, -0.2) is 0 Å². The third-order valence-corrected chi connectivity index (χ3v) is 3.07. The lowest BCUT2D eigenvalue weighted by molar-refractivity contribution is 0.164. The summed E-state index contributed by atoms with van der Waals surface area (Å²) < 4.78 is 0. The maximum absolute atomic E-state index is 8.70. The SMILES string of the molecule is CCC1CC(NCCCO)CN(C)C1. The molecule has 1 heterocycles. The zero-order chi connectivity index (χ0) is 10.4. The second-order valence-electron chi connectivity index (χ2n) is 4.46. The van der Waals surface area contributed by atoms with Crippen molar-refractivity contribution in [2.45, 2.75) is 32.2 Å². The van der Waals surface area contributed by atoms with Crippen molar-refractivity contribution in [2.75, 3.05) is 33.3 Å². The van der Waals surface area contributed by atoms with Crippen LogP contribution in [-0.4, -0.2) is 49.3 Å². The molecular weight excluding hydrogens is 176 g/mol. The van der Waals surface area contributed by atoms with Crippen molar-refractivity contribution in [1.82, 2.24) is 10.2 Å². The van der Waals surface area contributed by atoms with E-state index in [1.165, 1.54) is 19.4 Å². The molecule has 2 unspecified atom stereocenters. The molecule has 1 fully saturated rings. The molecular formula is C11H24N2O. The average molecular weight is 200 g/mol. The highest BCUT2D eigenvalue weighted by Gasteiger charge is 2.23. The first-order valence-electron chi connectivity index (χ1n) is 5.79. The first-order valence-corrected chi connectivity index (χ1v) is 5.79. The fourth-order valence-corrected chi connectivity index (χ4v) is 2.27. The van der Waals surface area contributed by atoms with E-state index >= 15 is 0 Å². The van der Waals surface area contributed by atoms with Crippen molar-refractivity contribution >= 4 is 0 Å². The van der Waals surface area contributed by atoms with E-state index in [0.717, 1.165) is 25.4 Å². The van der Waals surface area contributed by atoms with Crippen LogP contribution in [0.4, 0.5) is 0 Å². The molecule has 2 N–H and O–H groups in total. The van der Waals surface area contributed by atoms with Crippen molar-refractivity contribution in [1.29, 1.82) is 0 Å². The summed E-state index contributed by atoms with van der Waals surface area (Å²) in [5, 5.41) is 12.2.